The van der Waals surface area contributed by atoms with Crippen LogP contribution in [0.1, 0.15) is 57.8 Å². The zero-order valence-electron chi connectivity index (χ0n) is 18.3. The van der Waals surface area contributed by atoms with E-state index in [0.29, 0.717) is 31.6 Å². The molecular formula is C23H29Cl2N3O4S. The Labute approximate surface area is 206 Å². The van der Waals surface area contributed by atoms with Crippen LogP contribution in [0.2, 0.25) is 10.0 Å². The molecule has 180 valence electrons. The number of halogens is 2. The Morgan fingerprint density at radius 3 is 2.33 bits per heavy atom. The summed E-state index contributed by atoms with van der Waals surface area (Å²) in [7, 11) is 0. The fourth-order valence-electron chi connectivity index (χ4n) is 7.44. The van der Waals surface area contributed by atoms with Crippen LogP contribution in [0, 0.1) is 23.2 Å². The van der Waals surface area contributed by atoms with Crippen LogP contribution < -0.4 is 15.4 Å². The number of nitrogens with one attached hydrogen (secondary N) is 1. The average Bonchev–Trinajstić information content (AvgIpc) is 3.24. The van der Waals surface area contributed by atoms with Crippen LogP contribution in [0.5, 0.6) is 0 Å². The number of carbonyl (C=O) groups is 2. The highest BCUT2D eigenvalue weighted by molar-refractivity contribution is 7.80. The van der Waals surface area contributed by atoms with Crippen molar-refractivity contribution in [3.8, 4) is 0 Å². The summed E-state index contributed by atoms with van der Waals surface area (Å²) in [6.07, 6.45) is 6.69. The quantitative estimate of drug-likeness (QED) is 0.498. The third-order valence-electron chi connectivity index (χ3n) is 8.64. The van der Waals surface area contributed by atoms with Gasteiger partial charge >= 0.3 is 0 Å². The van der Waals surface area contributed by atoms with E-state index in [1.54, 1.807) is 18.2 Å². The molecule has 6 rings (SSSR count). The fraction of sp³-hybridized carbons (Fsp3) is 0.652. The van der Waals surface area contributed by atoms with E-state index in [-0.39, 0.29) is 45.4 Å². The molecule has 3 atom stereocenters. The number of nitrogens with zero attached hydrogens (tertiary/aromatic N) is 1. The van der Waals surface area contributed by atoms with Gasteiger partial charge in [0.05, 0.1) is 15.7 Å². The van der Waals surface area contributed by atoms with E-state index in [2.05, 4.69) is 5.32 Å². The minimum atomic E-state index is -2.48. The summed E-state index contributed by atoms with van der Waals surface area (Å²) in [5.74, 6) is 0.429. The number of nitrogens with two attached hydrogens (primary N) is 1. The van der Waals surface area contributed by atoms with E-state index >= 15 is 0 Å². The molecule has 0 radical (unpaired) electrons. The summed E-state index contributed by atoms with van der Waals surface area (Å²) in [6.45, 7) is 0. The van der Waals surface area contributed by atoms with Gasteiger partial charge in [-0.3, -0.25) is 18.4 Å². The van der Waals surface area contributed by atoms with E-state index in [4.69, 9.17) is 28.9 Å². The van der Waals surface area contributed by atoms with Crippen LogP contribution in [-0.2, 0) is 20.9 Å². The Morgan fingerprint density at radius 2 is 1.76 bits per heavy atom. The lowest BCUT2D eigenvalue weighted by molar-refractivity contribution is -0.148. The summed E-state index contributed by atoms with van der Waals surface area (Å²) < 4.78 is 24.2. The van der Waals surface area contributed by atoms with Crippen molar-refractivity contribution in [2.24, 2.45) is 28.9 Å². The van der Waals surface area contributed by atoms with Crippen molar-refractivity contribution < 1.29 is 18.4 Å². The minimum Gasteiger partial charge on any atom is -0.369 e. The molecule has 1 aromatic carbocycles. The van der Waals surface area contributed by atoms with Gasteiger partial charge < -0.3 is 11.1 Å². The van der Waals surface area contributed by atoms with Gasteiger partial charge in [-0.05, 0) is 74.8 Å². The lowest BCUT2D eigenvalue weighted by atomic mass is 9.47. The van der Waals surface area contributed by atoms with Gasteiger partial charge in [0.25, 0.3) is 11.3 Å². The van der Waals surface area contributed by atoms with Crippen LogP contribution >= 0.6 is 23.2 Å². The molecule has 1 aromatic rings. The molecule has 4 N–H and O–H groups in total. The summed E-state index contributed by atoms with van der Waals surface area (Å²) in [6, 6.07) is 4.83. The Bertz CT molecular complexity index is 999. The first-order valence-electron chi connectivity index (χ1n) is 11.6. The monoisotopic (exact) mass is 513 g/mol. The number of carbonyl (C=O) groups excluding carboxylic acids is 2. The van der Waals surface area contributed by atoms with Crippen molar-refractivity contribution in [3.63, 3.8) is 0 Å². The van der Waals surface area contributed by atoms with Gasteiger partial charge in [-0.15, -0.1) is 0 Å². The van der Waals surface area contributed by atoms with Crippen molar-refractivity contribution in [3.05, 3.63) is 28.2 Å². The summed E-state index contributed by atoms with van der Waals surface area (Å²) >= 11 is 10.1. The molecule has 0 heterocycles. The second kappa shape index (κ2) is 8.40. The Hall–Kier alpha value is -1.35. The predicted octanol–water partition coefficient (Wildman–Crippen LogP) is 4.05. The number of amides is 2. The van der Waals surface area contributed by atoms with Crippen LogP contribution in [0.3, 0.4) is 0 Å². The molecule has 33 heavy (non-hydrogen) atoms. The van der Waals surface area contributed by atoms with Crippen LogP contribution in [-0.4, -0.2) is 32.2 Å². The maximum absolute atomic E-state index is 13.9. The zero-order chi connectivity index (χ0) is 23.5. The number of anilines is 1. The highest BCUT2D eigenvalue weighted by Crippen LogP contribution is 2.60. The van der Waals surface area contributed by atoms with Crippen LogP contribution in [0.25, 0.3) is 0 Å². The lowest BCUT2D eigenvalue weighted by Crippen LogP contribution is -2.66. The standard InChI is InChI=1S/C23H29Cl2N3O4S/c24-16-4-3-5-17(18(16)25)28(33(31)32)23(6-1-2-7-23)21(30)27-19-14-8-13-9-15(19)12-22(10-13,11-14)20(26)29/h3-5,13-15,19H,1-2,6-12H2,(H2,26,29)(H,27,30)(H,31,32). The summed E-state index contributed by atoms with van der Waals surface area (Å²) in [5, 5.41) is 3.70. The molecule has 5 aliphatic rings. The maximum atomic E-state index is 13.9. The largest absolute Gasteiger partial charge is 0.369 e. The second-order valence-corrected chi connectivity index (χ2v) is 12.1. The summed E-state index contributed by atoms with van der Waals surface area (Å²) in [4.78, 5) is 26.2. The zero-order valence-corrected chi connectivity index (χ0v) is 20.6. The Balaban J connectivity index is 1.45. The highest BCUT2D eigenvalue weighted by Gasteiger charge is 2.59. The smallest absolute Gasteiger partial charge is 0.262 e. The molecule has 0 spiro atoms. The van der Waals surface area contributed by atoms with Crippen molar-refractivity contribution in [2.75, 3.05) is 4.31 Å². The van der Waals surface area contributed by atoms with Crippen molar-refractivity contribution in [1.82, 2.24) is 5.32 Å². The fourth-order valence-corrected chi connectivity index (χ4v) is 8.76. The molecule has 4 bridgehead atoms. The first-order chi connectivity index (χ1) is 15.7. The van der Waals surface area contributed by atoms with E-state index in [9.17, 15) is 18.4 Å². The van der Waals surface area contributed by atoms with Crippen molar-refractivity contribution >= 4 is 52.0 Å². The normalized spacial score (nSPS) is 34.8. The number of hydrogen-bond donors (Lipinski definition) is 3. The van der Waals surface area contributed by atoms with E-state index in [1.165, 1.54) is 4.31 Å². The van der Waals surface area contributed by atoms with Crippen LogP contribution in [0.4, 0.5) is 5.69 Å². The van der Waals surface area contributed by atoms with E-state index in [0.717, 1.165) is 32.1 Å². The molecule has 5 saturated carbocycles. The first kappa shape index (κ1) is 23.4. The first-order valence-corrected chi connectivity index (χ1v) is 13.4. The lowest BCUT2D eigenvalue weighted by Gasteiger charge is -2.59. The van der Waals surface area contributed by atoms with Gasteiger partial charge in [-0.1, -0.05) is 42.1 Å². The molecule has 10 heteroatoms. The molecular weight excluding hydrogens is 485 g/mol. The Morgan fingerprint density at radius 1 is 1.12 bits per heavy atom. The third kappa shape index (κ3) is 3.68. The van der Waals surface area contributed by atoms with E-state index < -0.39 is 22.2 Å². The third-order valence-corrected chi connectivity index (χ3v) is 10.3. The van der Waals surface area contributed by atoms with Gasteiger partial charge in [0.2, 0.25) is 11.8 Å². The molecule has 7 nitrogen and oxygen atoms in total. The van der Waals surface area contributed by atoms with Crippen LogP contribution in [0.15, 0.2) is 18.2 Å². The molecule has 0 aliphatic heterocycles. The predicted molar refractivity (Wildman–Crippen MR) is 128 cm³/mol. The van der Waals surface area contributed by atoms with Gasteiger partial charge in [-0.25, -0.2) is 4.21 Å². The minimum absolute atomic E-state index is 0.0530. The van der Waals surface area contributed by atoms with Gasteiger partial charge in [-0.2, -0.15) is 0 Å². The van der Waals surface area contributed by atoms with Crippen molar-refractivity contribution in [2.45, 2.75) is 69.4 Å². The van der Waals surface area contributed by atoms with Gasteiger partial charge in [0, 0.05) is 11.5 Å². The second-order valence-electron chi connectivity index (χ2n) is 10.5. The van der Waals surface area contributed by atoms with Gasteiger partial charge in [0.15, 0.2) is 0 Å². The topological polar surface area (TPSA) is 113 Å². The molecule has 0 saturated heterocycles. The van der Waals surface area contributed by atoms with Gasteiger partial charge in [0.1, 0.15) is 5.54 Å². The number of rotatable bonds is 6. The van der Waals surface area contributed by atoms with E-state index in [1.807, 2.05) is 0 Å². The number of primary amides is 1. The Kier molecular flexibility index (Phi) is 5.95. The number of benzene rings is 1. The molecule has 3 unspecified atom stereocenters. The highest BCUT2D eigenvalue weighted by atomic mass is 35.5. The van der Waals surface area contributed by atoms with Crippen molar-refractivity contribution in [1.29, 1.82) is 0 Å². The molecule has 5 fully saturated rings. The molecule has 2 amide bonds. The SMILES string of the molecule is NC(=O)C12CC3CC(C1)C(NC(=O)C1(N(c4cccc(Cl)c4Cl)S(=O)O)CCCC1)C(C3)C2. The molecule has 5 aliphatic carbocycles. The number of hydrogen-bond acceptors (Lipinski definition) is 3. The molecule has 0 aromatic heterocycles. The maximum Gasteiger partial charge on any atom is 0.262 e. The summed E-state index contributed by atoms with van der Waals surface area (Å²) in [5.41, 5.74) is 4.46. The average molecular weight is 514 g/mol.